The molecule has 4 aromatic rings. The van der Waals surface area contributed by atoms with Gasteiger partial charge in [0.2, 0.25) is 11.7 Å². The summed E-state index contributed by atoms with van der Waals surface area (Å²) in [6.45, 7) is 0. The fourth-order valence-electron chi connectivity index (χ4n) is 6.76. The fourth-order valence-corrected chi connectivity index (χ4v) is 6.76. The SMILES string of the molecule is COc1ccc(C(=O)[C@@H]2[C@@H](C(=O)c3ccccn3)N3C=Cc4ccccc4[C@@H]3[C@]23C(=O)Nc2ccccc23)cc1. The standard InChI is InChI=1S/C33H25N3O4/c1-40-22-15-13-21(14-16-22)29(37)27-28(30(38)26-12-6-7-18-34-26)36-19-17-20-8-2-3-9-23(20)31(36)33(27)24-10-4-5-11-25(24)35-32(33)39/h2-19,27-28,31H,1H3,(H,35,39)/t27-,28-,31+,33+/m0/s1. The Morgan fingerprint density at radius 1 is 0.900 bits per heavy atom. The number of nitrogens with zero attached hydrogens (tertiary/aromatic N) is 2. The highest BCUT2D eigenvalue weighted by Crippen LogP contribution is 2.62. The first-order chi connectivity index (χ1) is 19.6. The molecule has 0 radical (unpaired) electrons. The molecule has 1 fully saturated rings. The number of ether oxygens (including phenoxy) is 1. The first-order valence-corrected chi connectivity index (χ1v) is 13.1. The van der Waals surface area contributed by atoms with Crippen LogP contribution in [-0.4, -0.2) is 40.5 Å². The van der Waals surface area contributed by atoms with E-state index in [9.17, 15) is 14.4 Å². The van der Waals surface area contributed by atoms with Gasteiger partial charge in [-0.05, 0) is 65.2 Å². The van der Waals surface area contributed by atoms with Crippen LogP contribution in [0.15, 0.2) is 103 Å². The molecule has 1 aromatic heterocycles. The zero-order valence-corrected chi connectivity index (χ0v) is 21.7. The van der Waals surface area contributed by atoms with Gasteiger partial charge in [0.25, 0.3) is 0 Å². The number of aromatic nitrogens is 1. The summed E-state index contributed by atoms with van der Waals surface area (Å²) in [4.78, 5) is 49.8. The van der Waals surface area contributed by atoms with Crippen molar-refractivity contribution < 1.29 is 19.1 Å². The molecule has 1 amide bonds. The Bertz CT molecular complexity index is 1700. The van der Waals surface area contributed by atoms with Crippen LogP contribution in [-0.2, 0) is 10.2 Å². The summed E-state index contributed by atoms with van der Waals surface area (Å²) in [5, 5.41) is 3.06. The van der Waals surface area contributed by atoms with Crippen LogP contribution in [0.4, 0.5) is 5.69 Å². The molecule has 4 atom stereocenters. The van der Waals surface area contributed by atoms with Crippen molar-refractivity contribution in [1.29, 1.82) is 0 Å². The Hall–Kier alpha value is -5.04. The van der Waals surface area contributed by atoms with Crippen LogP contribution < -0.4 is 10.1 Å². The number of carbonyl (C=O) groups is 3. The van der Waals surface area contributed by atoms with Crippen LogP contribution in [0.1, 0.15) is 43.6 Å². The summed E-state index contributed by atoms with van der Waals surface area (Å²) >= 11 is 0. The predicted octanol–water partition coefficient (Wildman–Crippen LogP) is 5.07. The lowest BCUT2D eigenvalue weighted by Gasteiger charge is -2.38. The number of amides is 1. The second-order valence-corrected chi connectivity index (χ2v) is 10.3. The van der Waals surface area contributed by atoms with Crippen LogP contribution in [0, 0.1) is 5.92 Å². The predicted molar refractivity (Wildman–Crippen MR) is 150 cm³/mol. The summed E-state index contributed by atoms with van der Waals surface area (Å²) in [5.41, 5.74) is 2.47. The Morgan fingerprint density at radius 2 is 1.65 bits per heavy atom. The minimum atomic E-state index is -1.37. The van der Waals surface area contributed by atoms with Crippen LogP contribution in [0.3, 0.4) is 0 Å². The molecular weight excluding hydrogens is 502 g/mol. The van der Waals surface area contributed by atoms with E-state index in [-0.39, 0.29) is 23.2 Å². The van der Waals surface area contributed by atoms with Gasteiger partial charge in [-0.1, -0.05) is 48.5 Å². The number of rotatable bonds is 5. The van der Waals surface area contributed by atoms with Crippen molar-refractivity contribution in [2.75, 3.05) is 12.4 Å². The Morgan fingerprint density at radius 3 is 2.42 bits per heavy atom. The molecule has 1 spiro atoms. The third-order valence-corrected chi connectivity index (χ3v) is 8.41. The van der Waals surface area contributed by atoms with Gasteiger partial charge in [-0.25, -0.2) is 0 Å². The summed E-state index contributed by atoms with van der Waals surface area (Å²) in [6, 6.07) is 25.7. The Labute approximate surface area is 231 Å². The summed E-state index contributed by atoms with van der Waals surface area (Å²) < 4.78 is 5.31. The highest BCUT2D eigenvalue weighted by Gasteiger charge is 2.70. The lowest BCUT2D eigenvalue weighted by Crippen LogP contribution is -2.49. The molecule has 0 saturated carbocycles. The average molecular weight is 528 g/mol. The molecule has 1 saturated heterocycles. The fraction of sp³-hybridized carbons (Fsp3) is 0.152. The number of hydrogen-bond acceptors (Lipinski definition) is 6. The second kappa shape index (κ2) is 9.02. The number of nitrogens with one attached hydrogen (secondary N) is 1. The molecule has 1 N–H and O–H groups in total. The molecule has 4 heterocycles. The van der Waals surface area contributed by atoms with Gasteiger partial charge in [-0.3, -0.25) is 19.4 Å². The quantitative estimate of drug-likeness (QED) is 0.365. The molecule has 3 aliphatic heterocycles. The highest BCUT2D eigenvalue weighted by atomic mass is 16.5. The first-order valence-electron chi connectivity index (χ1n) is 13.1. The molecule has 40 heavy (non-hydrogen) atoms. The van der Waals surface area contributed by atoms with E-state index in [2.05, 4.69) is 10.3 Å². The van der Waals surface area contributed by atoms with E-state index in [1.807, 2.05) is 65.7 Å². The van der Waals surface area contributed by atoms with E-state index in [1.165, 1.54) is 0 Å². The Balaban J connectivity index is 1.53. The molecule has 0 bridgehead atoms. The summed E-state index contributed by atoms with van der Waals surface area (Å²) in [5.74, 6) is -1.33. The smallest absolute Gasteiger partial charge is 0.238 e. The van der Waals surface area contributed by atoms with E-state index >= 15 is 0 Å². The molecular formula is C33H25N3O4. The molecule has 3 aliphatic rings. The van der Waals surface area contributed by atoms with E-state index in [0.717, 1.165) is 11.1 Å². The largest absolute Gasteiger partial charge is 0.497 e. The maximum atomic E-state index is 14.7. The Kier molecular flexibility index (Phi) is 5.42. The third kappa shape index (κ3) is 3.24. The van der Waals surface area contributed by atoms with Crippen LogP contribution in [0.5, 0.6) is 5.75 Å². The number of hydrogen-bond donors (Lipinski definition) is 1. The topological polar surface area (TPSA) is 88.6 Å². The molecule has 196 valence electrons. The highest BCUT2D eigenvalue weighted by molar-refractivity contribution is 6.16. The molecule has 7 nitrogen and oxygen atoms in total. The number of anilines is 1. The monoisotopic (exact) mass is 527 g/mol. The van der Waals surface area contributed by atoms with Gasteiger partial charge >= 0.3 is 0 Å². The number of methoxy groups -OCH3 is 1. The van der Waals surface area contributed by atoms with Crippen molar-refractivity contribution in [3.05, 3.63) is 131 Å². The van der Waals surface area contributed by atoms with E-state index in [0.29, 0.717) is 22.6 Å². The third-order valence-electron chi connectivity index (χ3n) is 8.41. The normalized spacial score (nSPS) is 23.8. The van der Waals surface area contributed by atoms with Gasteiger partial charge in [0, 0.05) is 23.6 Å². The molecule has 7 rings (SSSR count). The molecule has 7 heteroatoms. The molecule has 0 unspecified atom stereocenters. The zero-order chi connectivity index (χ0) is 27.4. The van der Waals surface area contributed by atoms with Crippen LogP contribution >= 0.6 is 0 Å². The van der Waals surface area contributed by atoms with Crippen molar-refractivity contribution in [3.63, 3.8) is 0 Å². The maximum Gasteiger partial charge on any atom is 0.238 e. The minimum Gasteiger partial charge on any atom is -0.497 e. The number of carbonyl (C=O) groups excluding carboxylic acids is 3. The number of para-hydroxylation sites is 1. The van der Waals surface area contributed by atoms with Crippen LogP contribution in [0.2, 0.25) is 0 Å². The summed E-state index contributed by atoms with van der Waals surface area (Å²) in [6.07, 6.45) is 5.36. The number of benzene rings is 3. The molecule has 3 aromatic carbocycles. The number of Topliss-reactive ketones (excluding diaryl/α,β-unsaturated/α-hetero) is 2. The average Bonchev–Trinajstić information content (AvgIpc) is 3.49. The molecule has 0 aliphatic carbocycles. The number of fused-ring (bicyclic) bond motifs is 6. The van der Waals surface area contributed by atoms with Crippen molar-refractivity contribution in [1.82, 2.24) is 9.88 Å². The zero-order valence-electron chi connectivity index (χ0n) is 21.7. The lowest BCUT2D eigenvalue weighted by molar-refractivity contribution is -0.122. The number of ketones is 2. The van der Waals surface area contributed by atoms with Gasteiger partial charge < -0.3 is 15.0 Å². The van der Waals surface area contributed by atoms with Crippen LogP contribution in [0.25, 0.3) is 6.08 Å². The van der Waals surface area contributed by atoms with E-state index < -0.39 is 23.4 Å². The first kappa shape index (κ1) is 24.0. The van der Waals surface area contributed by atoms with Crippen molar-refractivity contribution in [2.24, 2.45) is 5.92 Å². The van der Waals surface area contributed by atoms with Crippen molar-refractivity contribution >= 4 is 29.2 Å². The van der Waals surface area contributed by atoms with E-state index in [1.54, 1.807) is 55.8 Å². The van der Waals surface area contributed by atoms with Crippen molar-refractivity contribution in [2.45, 2.75) is 17.5 Å². The summed E-state index contributed by atoms with van der Waals surface area (Å²) in [7, 11) is 1.56. The minimum absolute atomic E-state index is 0.245. The van der Waals surface area contributed by atoms with E-state index in [4.69, 9.17) is 4.74 Å². The number of pyridine rings is 1. The van der Waals surface area contributed by atoms with Crippen molar-refractivity contribution in [3.8, 4) is 5.75 Å². The second-order valence-electron chi connectivity index (χ2n) is 10.3. The van der Waals surface area contributed by atoms with Gasteiger partial charge in [0.05, 0.1) is 19.1 Å². The van der Waals surface area contributed by atoms with Gasteiger partial charge in [-0.2, -0.15) is 0 Å². The lowest BCUT2D eigenvalue weighted by atomic mass is 9.62. The van der Waals surface area contributed by atoms with Gasteiger partial charge in [0.15, 0.2) is 5.78 Å². The van der Waals surface area contributed by atoms with Gasteiger partial charge in [-0.15, -0.1) is 0 Å². The van der Waals surface area contributed by atoms with Gasteiger partial charge in [0.1, 0.15) is 22.9 Å². The maximum absolute atomic E-state index is 14.7.